The van der Waals surface area contributed by atoms with Gasteiger partial charge in [-0.2, -0.15) is 0 Å². The first-order valence-electron chi connectivity index (χ1n) is 6.40. The summed E-state index contributed by atoms with van der Waals surface area (Å²) in [6.07, 6.45) is 0.170. The Morgan fingerprint density at radius 2 is 1.95 bits per heavy atom. The second-order valence-electron chi connectivity index (χ2n) is 4.86. The molecular formula is C15H23NO3. The number of carbonyl (C=O) groups is 1. The van der Waals surface area contributed by atoms with Crippen molar-refractivity contribution in [3.63, 3.8) is 0 Å². The van der Waals surface area contributed by atoms with Crippen molar-refractivity contribution in [2.75, 3.05) is 20.8 Å². The summed E-state index contributed by atoms with van der Waals surface area (Å²) in [5, 5.41) is 8.80. The van der Waals surface area contributed by atoms with Crippen LogP contribution in [0.15, 0.2) is 6.07 Å². The number of benzene rings is 1. The van der Waals surface area contributed by atoms with Crippen molar-refractivity contribution in [3.8, 4) is 5.75 Å². The Labute approximate surface area is 115 Å². The number of hydrogen-bond acceptors (Lipinski definition) is 3. The molecule has 0 bridgehead atoms. The summed E-state index contributed by atoms with van der Waals surface area (Å²) in [5.74, 6) is 0.860. The number of carbonyl (C=O) groups excluding carboxylic acids is 1. The molecule has 0 aliphatic heterocycles. The minimum atomic E-state index is -0.108. The molecule has 4 nitrogen and oxygen atoms in total. The normalized spacial score (nSPS) is 10.4. The minimum Gasteiger partial charge on any atom is -0.496 e. The topological polar surface area (TPSA) is 49.8 Å². The van der Waals surface area contributed by atoms with Gasteiger partial charge >= 0.3 is 0 Å². The average molecular weight is 265 g/mol. The van der Waals surface area contributed by atoms with E-state index in [1.807, 2.05) is 20.8 Å². The maximum atomic E-state index is 11.7. The number of aliphatic hydroxyl groups is 1. The molecule has 0 heterocycles. The molecule has 1 aromatic carbocycles. The fraction of sp³-hybridized carbons (Fsp3) is 0.533. The molecule has 0 saturated carbocycles. The molecule has 106 valence electrons. The van der Waals surface area contributed by atoms with Crippen LogP contribution in [-0.4, -0.2) is 36.7 Å². The van der Waals surface area contributed by atoms with E-state index in [0.29, 0.717) is 6.54 Å². The van der Waals surface area contributed by atoms with Crippen LogP contribution in [0.5, 0.6) is 5.75 Å². The zero-order valence-corrected chi connectivity index (χ0v) is 12.4. The maximum Gasteiger partial charge on any atom is 0.224 e. The number of hydrogen-bond donors (Lipinski definition) is 1. The predicted molar refractivity (Wildman–Crippen MR) is 75.4 cm³/mol. The van der Waals surface area contributed by atoms with Crippen molar-refractivity contribution >= 4 is 5.91 Å². The number of aliphatic hydroxyl groups excluding tert-OH is 1. The summed E-state index contributed by atoms with van der Waals surface area (Å²) in [6.45, 7) is 6.51. The summed E-state index contributed by atoms with van der Waals surface area (Å²) in [7, 11) is 3.43. The quantitative estimate of drug-likeness (QED) is 0.885. The summed E-state index contributed by atoms with van der Waals surface area (Å²) in [6, 6.07) is 2.06. The zero-order valence-electron chi connectivity index (χ0n) is 12.4. The van der Waals surface area contributed by atoms with E-state index in [4.69, 9.17) is 9.84 Å². The fourth-order valence-corrected chi connectivity index (χ4v) is 2.25. The van der Waals surface area contributed by atoms with Crippen molar-refractivity contribution in [1.82, 2.24) is 4.90 Å². The van der Waals surface area contributed by atoms with Gasteiger partial charge in [0.15, 0.2) is 0 Å². The Bertz CT molecular complexity index is 469. The standard InChI is InChI=1S/C15H23NO3/c1-10-8-13(9-16(4)14(18)6-7-17)11(2)12(3)15(10)19-5/h8,17H,6-7,9H2,1-5H3. The van der Waals surface area contributed by atoms with E-state index in [1.165, 1.54) is 0 Å². The summed E-state index contributed by atoms with van der Waals surface area (Å²) in [4.78, 5) is 13.3. The third-order valence-corrected chi connectivity index (χ3v) is 3.50. The van der Waals surface area contributed by atoms with Crippen LogP contribution in [0, 0.1) is 20.8 Å². The van der Waals surface area contributed by atoms with Gasteiger partial charge in [-0.05, 0) is 43.0 Å². The van der Waals surface area contributed by atoms with E-state index in [-0.39, 0.29) is 18.9 Å². The molecule has 0 aromatic heterocycles. The van der Waals surface area contributed by atoms with Crippen molar-refractivity contribution in [1.29, 1.82) is 0 Å². The summed E-state index contributed by atoms with van der Waals surface area (Å²) < 4.78 is 5.39. The van der Waals surface area contributed by atoms with E-state index >= 15 is 0 Å². The van der Waals surface area contributed by atoms with Crippen molar-refractivity contribution < 1.29 is 14.6 Å². The Morgan fingerprint density at radius 3 is 2.47 bits per heavy atom. The Morgan fingerprint density at radius 1 is 1.32 bits per heavy atom. The van der Waals surface area contributed by atoms with E-state index in [0.717, 1.165) is 28.0 Å². The van der Waals surface area contributed by atoms with Gasteiger partial charge in [-0.1, -0.05) is 6.07 Å². The number of ether oxygens (including phenoxy) is 1. The van der Waals surface area contributed by atoms with E-state index < -0.39 is 0 Å². The number of rotatable bonds is 5. The molecule has 0 atom stereocenters. The number of aryl methyl sites for hydroxylation is 1. The fourth-order valence-electron chi connectivity index (χ4n) is 2.25. The van der Waals surface area contributed by atoms with E-state index in [2.05, 4.69) is 6.07 Å². The summed E-state index contributed by atoms with van der Waals surface area (Å²) in [5.41, 5.74) is 4.44. The molecule has 0 fully saturated rings. The lowest BCUT2D eigenvalue weighted by Gasteiger charge is -2.21. The molecule has 0 spiro atoms. The molecule has 1 amide bonds. The van der Waals surface area contributed by atoms with Gasteiger partial charge in [-0.3, -0.25) is 4.79 Å². The van der Waals surface area contributed by atoms with Gasteiger partial charge in [-0.25, -0.2) is 0 Å². The average Bonchev–Trinajstić information content (AvgIpc) is 2.36. The van der Waals surface area contributed by atoms with E-state index in [9.17, 15) is 4.79 Å². The van der Waals surface area contributed by atoms with Crippen LogP contribution in [-0.2, 0) is 11.3 Å². The highest BCUT2D eigenvalue weighted by molar-refractivity contribution is 5.76. The number of amides is 1. The van der Waals surface area contributed by atoms with Gasteiger partial charge in [0.25, 0.3) is 0 Å². The first kappa shape index (κ1) is 15.5. The molecule has 19 heavy (non-hydrogen) atoms. The van der Waals surface area contributed by atoms with Crippen LogP contribution in [0.3, 0.4) is 0 Å². The number of nitrogens with zero attached hydrogens (tertiary/aromatic N) is 1. The lowest BCUT2D eigenvalue weighted by molar-refractivity contribution is -0.131. The minimum absolute atomic E-state index is 0.0481. The lowest BCUT2D eigenvalue weighted by Crippen LogP contribution is -2.27. The van der Waals surface area contributed by atoms with Crippen LogP contribution in [0.2, 0.25) is 0 Å². The third-order valence-electron chi connectivity index (χ3n) is 3.50. The maximum absolute atomic E-state index is 11.7. The first-order valence-corrected chi connectivity index (χ1v) is 6.40. The largest absolute Gasteiger partial charge is 0.496 e. The number of methoxy groups -OCH3 is 1. The van der Waals surface area contributed by atoms with Gasteiger partial charge in [-0.15, -0.1) is 0 Å². The Balaban J connectivity index is 3.00. The molecule has 4 heteroatoms. The monoisotopic (exact) mass is 265 g/mol. The van der Waals surface area contributed by atoms with Gasteiger partial charge in [0.2, 0.25) is 5.91 Å². The predicted octanol–water partition coefficient (Wildman–Crippen LogP) is 1.96. The van der Waals surface area contributed by atoms with Crippen LogP contribution in [0.1, 0.15) is 28.7 Å². The van der Waals surface area contributed by atoms with E-state index in [1.54, 1.807) is 19.1 Å². The van der Waals surface area contributed by atoms with Crippen LogP contribution >= 0.6 is 0 Å². The van der Waals surface area contributed by atoms with Crippen molar-refractivity contribution in [3.05, 3.63) is 28.3 Å². The molecule has 1 rings (SSSR count). The third kappa shape index (κ3) is 3.47. The van der Waals surface area contributed by atoms with Gasteiger partial charge in [0.05, 0.1) is 13.7 Å². The first-order chi connectivity index (χ1) is 8.92. The molecule has 0 aliphatic carbocycles. The Kier molecular flexibility index (Phi) is 5.36. The second kappa shape index (κ2) is 6.57. The molecule has 0 aliphatic rings. The highest BCUT2D eigenvalue weighted by atomic mass is 16.5. The summed E-state index contributed by atoms with van der Waals surface area (Å²) >= 11 is 0. The molecule has 1 N–H and O–H groups in total. The van der Waals surface area contributed by atoms with Crippen LogP contribution < -0.4 is 4.74 Å². The van der Waals surface area contributed by atoms with Gasteiger partial charge in [0.1, 0.15) is 5.75 Å². The second-order valence-corrected chi connectivity index (χ2v) is 4.86. The van der Waals surface area contributed by atoms with Crippen molar-refractivity contribution in [2.45, 2.75) is 33.7 Å². The van der Waals surface area contributed by atoms with Gasteiger partial charge < -0.3 is 14.7 Å². The van der Waals surface area contributed by atoms with Crippen LogP contribution in [0.4, 0.5) is 0 Å². The highest BCUT2D eigenvalue weighted by Gasteiger charge is 2.14. The zero-order chi connectivity index (χ0) is 14.6. The lowest BCUT2D eigenvalue weighted by atomic mass is 9.98. The molecule has 0 radical (unpaired) electrons. The molecule has 1 aromatic rings. The smallest absolute Gasteiger partial charge is 0.224 e. The molecule has 0 saturated heterocycles. The van der Waals surface area contributed by atoms with Gasteiger partial charge in [0, 0.05) is 20.0 Å². The molecular weight excluding hydrogens is 242 g/mol. The van der Waals surface area contributed by atoms with Crippen molar-refractivity contribution in [2.24, 2.45) is 0 Å². The SMILES string of the molecule is COc1c(C)cc(CN(C)C(=O)CCO)c(C)c1C. The highest BCUT2D eigenvalue weighted by Crippen LogP contribution is 2.29. The molecule has 0 unspecified atom stereocenters. The van der Waals surface area contributed by atoms with Crippen LogP contribution in [0.25, 0.3) is 0 Å². The Hall–Kier alpha value is -1.55.